The van der Waals surface area contributed by atoms with Crippen LogP contribution in [0.4, 0.5) is 0 Å². The Kier molecular flexibility index (Phi) is 4.21. The molecule has 19 heavy (non-hydrogen) atoms. The van der Waals surface area contributed by atoms with E-state index in [1.54, 1.807) is 4.68 Å². The van der Waals surface area contributed by atoms with Crippen LogP contribution in [0.1, 0.15) is 34.9 Å². The molecule has 2 rings (SSSR count). The maximum Gasteiger partial charge on any atom is 0.351 e. The van der Waals surface area contributed by atoms with Gasteiger partial charge in [0.15, 0.2) is 10.0 Å². The zero-order valence-corrected chi connectivity index (χ0v) is 12.5. The third-order valence-corrected chi connectivity index (χ3v) is 4.08. The second-order valence-electron chi connectivity index (χ2n) is 3.85. The number of halogens is 1. The molecule has 2 heterocycles. The van der Waals surface area contributed by atoms with Crippen LogP contribution in [0, 0.1) is 0 Å². The van der Waals surface area contributed by atoms with E-state index in [0.29, 0.717) is 10.0 Å². The van der Waals surface area contributed by atoms with E-state index in [1.807, 2.05) is 19.9 Å². The minimum absolute atomic E-state index is 0.155. The van der Waals surface area contributed by atoms with Gasteiger partial charge in [-0.05, 0) is 18.9 Å². The number of aryl methyl sites for hydroxylation is 2. The van der Waals surface area contributed by atoms with Crippen molar-refractivity contribution in [2.45, 2.75) is 26.7 Å². The van der Waals surface area contributed by atoms with Gasteiger partial charge in [-0.1, -0.05) is 36.8 Å². The van der Waals surface area contributed by atoms with E-state index >= 15 is 0 Å². The lowest BCUT2D eigenvalue weighted by Crippen LogP contribution is -2.00. The third kappa shape index (κ3) is 2.64. The van der Waals surface area contributed by atoms with Gasteiger partial charge in [0.25, 0.3) is 0 Å². The molecule has 0 fully saturated rings. The van der Waals surface area contributed by atoms with Gasteiger partial charge in [0.05, 0.1) is 12.8 Å². The highest BCUT2D eigenvalue weighted by atomic mass is 35.5. The van der Waals surface area contributed by atoms with E-state index in [2.05, 4.69) is 14.8 Å². The normalized spacial score (nSPS) is 10.7. The summed E-state index contributed by atoms with van der Waals surface area (Å²) in [6, 6.07) is 2.03. The highest BCUT2D eigenvalue weighted by Gasteiger charge is 2.20. The molecule has 5 nitrogen and oxygen atoms in total. The van der Waals surface area contributed by atoms with Crippen molar-refractivity contribution in [2.75, 3.05) is 7.11 Å². The Labute approximate surface area is 120 Å². The summed E-state index contributed by atoms with van der Waals surface area (Å²) in [5.74, 6) is -0.477. The molecule has 0 aliphatic rings. The zero-order valence-electron chi connectivity index (χ0n) is 10.9. The van der Waals surface area contributed by atoms with Crippen molar-refractivity contribution in [3.63, 3.8) is 0 Å². The third-order valence-electron chi connectivity index (χ3n) is 2.68. The fraction of sp³-hybridized carbons (Fsp3) is 0.417. The van der Waals surface area contributed by atoms with Gasteiger partial charge < -0.3 is 4.74 Å². The van der Waals surface area contributed by atoms with Gasteiger partial charge in [-0.15, -0.1) is 0 Å². The lowest BCUT2D eigenvalue weighted by Gasteiger charge is -1.99. The van der Waals surface area contributed by atoms with E-state index in [1.165, 1.54) is 18.4 Å². The van der Waals surface area contributed by atoms with Crippen molar-refractivity contribution in [2.24, 2.45) is 0 Å². The molecule has 0 atom stereocenters. The standard InChI is InChI=1S/C12H14ClN3O2S/c1-4-7-6-8(5-2)16(15-7)12-14-10(13)9(19-12)11(17)18-3/h6H,4-5H2,1-3H3. The highest BCUT2D eigenvalue weighted by molar-refractivity contribution is 7.16. The Bertz CT molecular complexity index is 606. The number of aromatic nitrogens is 3. The quantitative estimate of drug-likeness (QED) is 0.815. The van der Waals surface area contributed by atoms with Crippen LogP contribution in [0.3, 0.4) is 0 Å². The predicted molar refractivity (Wildman–Crippen MR) is 74.3 cm³/mol. The Morgan fingerprint density at radius 1 is 1.47 bits per heavy atom. The molecule has 2 aromatic rings. The number of nitrogens with zero attached hydrogens (tertiary/aromatic N) is 3. The van der Waals surface area contributed by atoms with Gasteiger partial charge in [0.2, 0.25) is 5.13 Å². The first kappa shape index (κ1) is 14.0. The fourth-order valence-corrected chi connectivity index (χ4v) is 2.85. The minimum atomic E-state index is -0.477. The Morgan fingerprint density at radius 3 is 2.79 bits per heavy atom. The molecule has 0 bridgehead atoms. The van der Waals surface area contributed by atoms with Gasteiger partial charge in [-0.2, -0.15) is 5.10 Å². The maximum atomic E-state index is 11.5. The average Bonchev–Trinajstić information content (AvgIpc) is 3.00. The first-order valence-electron chi connectivity index (χ1n) is 5.93. The largest absolute Gasteiger partial charge is 0.465 e. The highest BCUT2D eigenvalue weighted by Crippen LogP contribution is 2.27. The smallest absolute Gasteiger partial charge is 0.351 e. The number of carbonyl (C=O) groups is 1. The molecular weight excluding hydrogens is 286 g/mol. The Balaban J connectivity index is 2.47. The van der Waals surface area contributed by atoms with Crippen LogP contribution in [0.15, 0.2) is 6.07 Å². The molecule has 102 valence electrons. The van der Waals surface area contributed by atoms with E-state index in [9.17, 15) is 4.79 Å². The first-order chi connectivity index (χ1) is 9.10. The van der Waals surface area contributed by atoms with Gasteiger partial charge in [0, 0.05) is 5.69 Å². The molecule has 2 aromatic heterocycles. The van der Waals surface area contributed by atoms with E-state index in [4.69, 9.17) is 11.6 Å². The molecule has 0 unspecified atom stereocenters. The van der Waals surface area contributed by atoms with Gasteiger partial charge in [0.1, 0.15) is 0 Å². The fourth-order valence-electron chi connectivity index (χ4n) is 1.67. The second-order valence-corrected chi connectivity index (χ2v) is 5.19. The predicted octanol–water partition coefficient (Wildman–Crippen LogP) is 2.89. The van der Waals surface area contributed by atoms with Crippen molar-refractivity contribution in [3.8, 4) is 5.13 Å². The van der Waals surface area contributed by atoms with Crippen molar-refractivity contribution in [1.82, 2.24) is 14.8 Å². The monoisotopic (exact) mass is 299 g/mol. The summed E-state index contributed by atoms with van der Waals surface area (Å²) < 4.78 is 6.40. The van der Waals surface area contributed by atoms with Crippen LogP contribution in [-0.2, 0) is 17.6 Å². The minimum Gasteiger partial charge on any atom is -0.465 e. The Hall–Kier alpha value is -1.40. The van der Waals surface area contributed by atoms with Crippen LogP contribution in [0.25, 0.3) is 5.13 Å². The zero-order chi connectivity index (χ0) is 14.0. The van der Waals surface area contributed by atoms with Gasteiger partial charge in [-0.3, -0.25) is 0 Å². The number of hydrogen-bond donors (Lipinski definition) is 0. The number of ether oxygens (including phenoxy) is 1. The summed E-state index contributed by atoms with van der Waals surface area (Å²) in [5, 5.41) is 5.20. The average molecular weight is 300 g/mol. The topological polar surface area (TPSA) is 57.0 Å². The van der Waals surface area contributed by atoms with Crippen LogP contribution in [-0.4, -0.2) is 27.8 Å². The molecule has 0 spiro atoms. The maximum absolute atomic E-state index is 11.5. The van der Waals surface area contributed by atoms with Crippen molar-refractivity contribution < 1.29 is 9.53 Å². The second kappa shape index (κ2) is 5.71. The molecule has 0 aromatic carbocycles. The lowest BCUT2D eigenvalue weighted by molar-refractivity contribution is 0.0606. The van der Waals surface area contributed by atoms with Crippen LogP contribution >= 0.6 is 22.9 Å². The summed E-state index contributed by atoms with van der Waals surface area (Å²) in [6.07, 6.45) is 1.68. The summed E-state index contributed by atoms with van der Waals surface area (Å²) in [6.45, 7) is 4.09. The summed E-state index contributed by atoms with van der Waals surface area (Å²) in [4.78, 5) is 16.0. The molecule has 0 N–H and O–H groups in total. The molecule has 0 amide bonds. The molecule has 0 aliphatic carbocycles. The van der Waals surface area contributed by atoms with Crippen molar-refractivity contribution in [1.29, 1.82) is 0 Å². The van der Waals surface area contributed by atoms with E-state index < -0.39 is 5.97 Å². The summed E-state index contributed by atoms with van der Waals surface area (Å²) in [7, 11) is 1.32. The summed E-state index contributed by atoms with van der Waals surface area (Å²) in [5.41, 5.74) is 2.03. The van der Waals surface area contributed by atoms with Crippen LogP contribution < -0.4 is 0 Å². The molecular formula is C12H14ClN3O2S. The first-order valence-corrected chi connectivity index (χ1v) is 7.12. The lowest BCUT2D eigenvalue weighted by atomic mass is 10.3. The van der Waals surface area contributed by atoms with Crippen LogP contribution in [0.2, 0.25) is 5.15 Å². The number of hydrogen-bond acceptors (Lipinski definition) is 5. The number of esters is 1. The van der Waals surface area contributed by atoms with E-state index in [0.717, 1.165) is 24.2 Å². The van der Waals surface area contributed by atoms with E-state index in [-0.39, 0.29) is 5.15 Å². The van der Waals surface area contributed by atoms with Crippen molar-refractivity contribution in [3.05, 3.63) is 27.5 Å². The number of carbonyl (C=O) groups excluding carboxylic acids is 1. The number of methoxy groups -OCH3 is 1. The number of thiazole rings is 1. The molecule has 0 saturated heterocycles. The molecule has 0 saturated carbocycles. The van der Waals surface area contributed by atoms with Gasteiger partial charge in [-0.25, -0.2) is 14.5 Å². The SMILES string of the molecule is CCc1cc(CC)n(-c2nc(Cl)c(C(=O)OC)s2)n1. The molecule has 7 heteroatoms. The molecule has 0 aliphatic heterocycles. The van der Waals surface area contributed by atoms with Crippen molar-refractivity contribution >= 4 is 28.9 Å². The molecule has 0 radical (unpaired) electrons. The summed E-state index contributed by atoms with van der Waals surface area (Å²) >= 11 is 7.14. The van der Waals surface area contributed by atoms with Crippen LogP contribution in [0.5, 0.6) is 0 Å². The number of rotatable bonds is 4. The Morgan fingerprint density at radius 2 is 2.21 bits per heavy atom. The van der Waals surface area contributed by atoms with Gasteiger partial charge >= 0.3 is 5.97 Å².